The van der Waals surface area contributed by atoms with E-state index in [0.717, 1.165) is 6.07 Å². The summed E-state index contributed by atoms with van der Waals surface area (Å²) in [5.41, 5.74) is -1.66. The Labute approximate surface area is 146 Å². The molecule has 0 saturated carbocycles. The molecule has 1 N–H and O–H groups in total. The normalized spacial score (nSPS) is 22.7. The number of rotatable bonds is 4. The highest BCUT2D eigenvalue weighted by Crippen LogP contribution is 2.31. The molecular weight excluding hydrogens is 333 g/mol. The number of benzene rings is 1. The van der Waals surface area contributed by atoms with Gasteiger partial charge in [0.1, 0.15) is 0 Å². The van der Waals surface area contributed by atoms with Gasteiger partial charge in [-0.2, -0.15) is 13.2 Å². The number of nitrogens with one attached hydrogen (secondary N) is 1. The fraction of sp³-hybridized carbons (Fsp3) is 0.611. The molecule has 1 aliphatic rings. The maximum Gasteiger partial charge on any atom is 0.417 e. The first-order chi connectivity index (χ1) is 11.5. The topological polar surface area (TPSA) is 41.6 Å². The average molecular weight is 358 g/mol. The minimum absolute atomic E-state index is 0.0738. The number of carbonyl (C=O) groups is 1. The summed E-state index contributed by atoms with van der Waals surface area (Å²) in [6, 6.07) is 4.83. The van der Waals surface area contributed by atoms with Crippen molar-refractivity contribution in [3.63, 3.8) is 0 Å². The zero-order valence-electron chi connectivity index (χ0n) is 15.0. The summed E-state index contributed by atoms with van der Waals surface area (Å²) < 4.78 is 44.9. The number of ether oxygens (including phenoxy) is 1. The number of amides is 1. The second-order valence-electron chi connectivity index (χ2n) is 7.20. The SMILES string of the molecule is C[C@@H]1CN(C(C)(C)CNC(=O)c2ccccc2C(F)(F)F)C[C@@H](C)O1. The van der Waals surface area contributed by atoms with Crippen LogP contribution in [0.5, 0.6) is 0 Å². The van der Waals surface area contributed by atoms with Gasteiger partial charge in [0, 0.05) is 25.2 Å². The van der Waals surface area contributed by atoms with E-state index in [0.29, 0.717) is 13.1 Å². The molecule has 1 fully saturated rings. The molecule has 2 atom stereocenters. The van der Waals surface area contributed by atoms with Crippen molar-refractivity contribution in [2.45, 2.75) is 51.6 Å². The van der Waals surface area contributed by atoms with Crippen molar-refractivity contribution in [2.24, 2.45) is 0 Å². The zero-order chi connectivity index (χ0) is 18.8. The van der Waals surface area contributed by atoms with E-state index in [9.17, 15) is 18.0 Å². The van der Waals surface area contributed by atoms with Crippen LogP contribution in [-0.2, 0) is 10.9 Å². The molecule has 140 valence electrons. The molecule has 1 saturated heterocycles. The van der Waals surface area contributed by atoms with Crippen LogP contribution in [0.4, 0.5) is 13.2 Å². The van der Waals surface area contributed by atoms with E-state index in [1.54, 1.807) is 0 Å². The van der Waals surface area contributed by atoms with Crippen molar-refractivity contribution >= 4 is 5.91 Å². The Balaban J connectivity index is 2.07. The van der Waals surface area contributed by atoms with Gasteiger partial charge in [0.25, 0.3) is 5.91 Å². The monoisotopic (exact) mass is 358 g/mol. The van der Waals surface area contributed by atoms with Crippen LogP contribution in [0.3, 0.4) is 0 Å². The summed E-state index contributed by atoms with van der Waals surface area (Å²) in [4.78, 5) is 14.5. The van der Waals surface area contributed by atoms with Crippen LogP contribution in [0.15, 0.2) is 24.3 Å². The fourth-order valence-corrected chi connectivity index (χ4v) is 3.10. The third kappa shape index (κ3) is 4.95. The quantitative estimate of drug-likeness (QED) is 0.898. The second kappa shape index (κ2) is 7.33. The molecule has 1 aliphatic heterocycles. The van der Waals surface area contributed by atoms with Gasteiger partial charge in [-0.25, -0.2) is 0 Å². The first-order valence-electron chi connectivity index (χ1n) is 8.35. The lowest BCUT2D eigenvalue weighted by Gasteiger charge is -2.45. The second-order valence-corrected chi connectivity index (χ2v) is 7.20. The van der Waals surface area contributed by atoms with Gasteiger partial charge in [0.05, 0.1) is 23.3 Å². The van der Waals surface area contributed by atoms with Crippen molar-refractivity contribution in [3.05, 3.63) is 35.4 Å². The Morgan fingerprint density at radius 2 is 1.76 bits per heavy atom. The molecule has 1 amide bonds. The molecule has 0 unspecified atom stereocenters. The third-order valence-corrected chi connectivity index (χ3v) is 4.43. The van der Waals surface area contributed by atoms with Gasteiger partial charge in [-0.3, -0.25) is 9.69 Å². The van der Waals surface area contributed by atoms with Crippen molar-refractivity contribution < 1.29 is 22.7 Å². The van der Waals surface area contributed by atoms with Gasteiger partial charge in [0.2, 0.25) is 0 Å². The van der Waals surface area contributed by atoms with Crippen LogP contribution in [-0.4, -0.2) is 48.2 Å². The van der Waals surface area contributed by atoms with E-state index in [2.05, 4.69) is 10.2 Å². The summed E-state index contributed by atoms with van der Waals surface area (Å²) in [5.74, 6) is -0.713. The summed E-state index contributed by atoms with van der Waals surface area (Å²) in [7, 11) is 0. The molecule has 0 spiro atoms. The summed E-state index contributed by atoms with van der Waals surface area (Å²) in [6.45, 7) is 9.57. The van der Waals surface area contributed by atoms with E-state index in [1.165, 1.54) is 18.2 Å². The van der Waals surface area contributed by atoms with Crippen molar-refractivity contribution in [1.29, 1.82) is 0 Å². The highest BCUT2D eigenvalue weighted by atomic mass is 19.4. The number of morpholine rings is 1. The van der Waals surface area contributed by atoms with E-state index < -0.39 is 23.2 Å². The Bertz CT molecular complexity index is 607. The molecule has 7 heteroatoms. The first kappa shape index (κ1) is 19.7. The van der Waals surface area contributed by atoms with Gasteiger partial charge in [-0.15, -0.1) is 0 Å². The molecule has 4 nitrogen and oxygen atoms in total. The van der Waals surface area contributed by atoms with Gasteiger partial charge in [-0.1, -0.05) is 12.1 Å². The lowest BCUT2D eigenvalue weighted by atomic mass is 9.99. The minimum Gasteiger partial charge on any atom is -0.373 e. The smallest absolute Gasteiger partial charge is 0.373 e. The number of alkyl halides is 3. The van der Waals surface area contributed by atoms with Crippen LogP contribution >= 0.6 is 0 Å². The average Bonchev–Trinajstić information content (AvgIpc) is 2.51. The van der Waals surface area contributed by atoms with Crippen LogP contribution in [0.25, 0.3) is 0 Å². The third-order valence-electron chi connectivity index (χ3n) is 4.43. The van der Waals surface area contributed by atoms with E-state index in [-0.39, 0.29) is 24.3 Å². The molecule has 0 aromatic heterocycles. The molecule has 2 rings (SSSR count). The summed E-state index contributed by atoms with van der Waals surface area (Å²) in [5, 5.41) is 2.66. The molecule has 0 radical (unpaired) electrons. The van der Waals surface area contributed by atoms with Crippen LogP contribution in [0.2, 0.25) is 0 Å². The van der Waals surface area contributed by atoms with Gasteiger partial charge in [-0.05, 0) is 39.8 Å². The summed E-state index contributed by atoms with van der Waals surface area (Å²) in [6.07, 6.45) is -4.41. The van der Waals surface area contributed by atoms with E-state index in [4.69, 9.17) is 4.74 Å². The predicted molar refractivity (Wildman–Crippen MR) is 89.4 cm³/mol. The van der Waals surface area contributed by atoms with Gasteiger partial charge in [0.15, 0.2) is 0 Å². The molecule has 1 aromatic carbocycles. The van der Waals surface area contributed by atoms with Gasteiger partial charge < -0.3 is 10.1 Å². The molecule has 0 aliphatic carbocycles. The van der Waals surface area contributed by atoms with Crippen molar-refractivity contribution in [1.82, 2.24) is 10.2 Å². The minimum atomic E-state index is -4.56. The number of hydrogen-bond acceptors (Lipinski definition) is 3. The lowest BCUT2D eigenvalue weighted by molar-refractivity contribution is -0.137. The number of hydrogen-bond donors (Lipinski definition) is 1. The fourth-order valence-electron chi connectivity index (χ4n) is 3.10. The lowest BCUT2D eigenvalue weighted by Crippen LogP contribution is -2.58. The number of halogens is 3. The Kier molecular flexibility index (Phi) is 5.79. The Hall–Kier alpha value is -1.60. The molecule has 1 aromatic rings. The van der Waals surface area contributed by atoms with E-state index >= 15 is 0 Å². The molecule has 25 heavy (non-hydrogen) atoms. The maximum absolute atomic E-state index is 13.1. The standard InChI is InChI=1S/C18H25F3N2O2/c1-12-9-23(10-13(2)25-12)17(3,4)11-22-16(24)14-7-5-6-8-15(14)18(19,20)21/h5-8,12-13H,9-11H2,1-4H3,(H,22,24)/t12-,13-/m1/s1. The Morgan fingerprint density at radius 1 is 1.20 bits per heavy atom. The highest BCUT2D eigenvalue weighted by molar-refractivity contribution is 5.95. The molecular formula is C18H25F3N2O2. The predicted octanol–water partition coefficient (Wildman–Crippen LogP) is 3.32. The van der Waals surface area contributed by atoms with Crippen molar-refractivity contribution in [2.75, 3.05) is 19.6 Å². The molecule has 1 heterocycles. The highest BCUT2D eigenvalue weighted by Gasteiger charge is 2.36. The van der Waals surface area contributed by atoms with Crippen molar-refractivity contribution in [3.8, 4) is 0 Å². The van der Waals surface area contributed by atoms with Crippen LogP contribution in [0, 0.1) is 0 Å². The molecule has 0 bridgehead atoms. The number of nitrogens with zero attached hydrogens (tertiary/aromatic N) is 1. The Morgan fingerprint density at radius 3 is 2.32 bits per heavy atom. The summed E-state index contributed by atoms with van der Waals surface area (Å²) >= 11 is 0. The zero-order valence-corrected chi connectivity index (χ0v) is 15.0. The largest absolute Gasteiger partial charge is 0.417 e. The van der Waals surface area contributed by atoms with Gasteiger partial charge >= 0.3 is 6.18 Å². The van der Waals surface area contributed by atoms with E-state index in [1.807, 2.05) is 27.7 Å². The van der Waals surface area contributed by atoms with Crippen LogP contribution in [0.1, 0.15) is 43.6 Å². The first-order valence-corrected chi connectivity index (χ1v) is 8.35. The van der Waals surface area contributed by atoms with Crippen LogP contribution < -0.4 is 5.32 Å². The maximum atomic E-state index is 13.1. The number of carbonyl (C=O) groups excluding carboxylic acids is 1.